The van der Waals surface area contributed by atoms with Crippen LogP contribution < -0.4 is 4.90 Å². The van der Waals surface area contributed by atoms with Gasteiger partial charge in [-0.05, 0) is 30.3 Å². The molecule has 0 fully saturated rings. The summed E-state index contributed by atoms with van der Waals surface area (Å²) in [5, 5.41) is 0.783. The minimum absolute atomic E-state index is 0.783. The molecule has 0 unspecified atom stereocenters. The molecule has 2 aromatic carbocycles. The molecule has 1 heterocycles. The van der Waals surface area contributed by atoms with E-state index in [0.717, 1.165) is 5.02 Å². The predicted octanol–water partition coefficient (Wildman–Crippen LogP) is 4.57. The van der Waals surface area contributed by atoms with Gasteiger partial charge in [0, 0.05) is 21.9 Å². The molecule has 0 radical (unpaired) electrons. The zero-order valence-electron chi connectivity index (χ0n) is 8.77. The Labute approximate surface area is 104 Å². The molecule has 1 nitrogen and oxygen atoms in total. The summed E-state index contributed by atoms with van der Waals surface area (Å²) >= 11 is 7.83. The van der Waals surface area contributed by atoms with Crippen molar-refractivity contribution in [3.63, 3.8) is 0 Å². The topological polar surface area (TPSA) is 3.24 Å². The second-order valence-corrected chi connectivity index (χ2v) is 5.26. The van der Waals surface area contributed by atoms with Gasteiger partial charge in [0.1, 0.15) is 0 Å². The largest absolute Gasteiger partial charge is 0.343 e. The summed E-state index contributed by atoms with van der Waals surface area (Å²) in [4.78, 5) is 4.73. The van der Waals surface area contributed by atoms with E-state index in [1.165, 1.54) is 21.2 Å². The standard InChI is InChI=1S/C13H10ClNS/c1-15-10-4-2-3-5-12(10)16-13-7-6-9(14)8-11(13)15/h2-8H,1H3. The third kappa shape index (κ3) is 1.49. The maximum absolute atomic E-state index is 6.03. The Hall–Kier alpha value is -1.12. The van der Waals surface area contributed by atoms with Crippen LogP contribution in [0.25, 0.3) is 0 Å². The van der Waals surface area contributed by atoms with Gasteiger partial charge in [0.05, 0.1) is 11.4 Å². The number of para-hydroxylation sites is 1. The van der Waals surface area contributed by atoms with Crippen LogP contribution >= 0.6 is 23.4 Å². The molecular weight excluding hydrogens is 238 g/mol. The molecule has 1 aliphatic heterocycles. The van der Waals surface area contributed by atoms with Crippen molar-refractivity contribution in [2.24, 2.45) is 0 Å². The minimum Gasteiger partial charge on any atom is -0.343 e. The highest BCUT2D eigenvalue weighted by Crippen LogP contribution is 2.47. The zero-order valence-corrected chi connectivity index (χ0v) is 10.3. The Bertz CT molecular complexity index is 553. The molecule has 3 heteroatoms. The van der Waals surface area contributed by atoms with E-state index in [4.69, 9.17) is 11.6 Å². The summed E-state index contributed by atoms with van der Waals surface area (Å²) < 4.78 is 0. The molecule has 16 heavy (non-hydrogen) atoms. The van der Waals surface area contributed by atoms with Gasteiger partial charge in [-0.25, -0.2) is 0 Å². The lowest BCUT2D eigenvalue weighted by atomic mass is 10.2. The van der Waals surface area contributed by atoms with Gasteiger partial charge in [-0.15, -0.1) is 0 Å². The van der Waals surface area contributed by atoms with E-state index in [0.29, 0.717) is 0 Å². The van der Waals surface area contributed by atoms with Gasteiger partial charge in [0.2, 0.25) is 0 Å². The van der Waals surface area contributed by atoms with Crippen molar-refractivity contribution >= 4 is 34.7 Å². The fraction of sp³-hybridized carbons (Fsp3) is 0.0769. The van der Waals surface area contributed by atoms with Crippen molar-refractivity contribution in [1.82, 2.24) is 0 Å². The average molecular weight is 248 g/mol. The van der Waals surface area contributed by atoms with Gasteiger partial charge in [-0.2, -0.15) is 0 Å². The van der Waals surface area contributed by atoms with Crippen LogP contribution in [0.3, 0.4) is 0 Å². The summed E-state index contributed by atoms with van der Waals surface area (Å²) in [7, 11) is 2.08. The molecule has 3 rings (SSSR count). The molecule has 0 aliphatic carbocycles. The first-order valence-electron chi connectivity index (χ1n) is 5.06. The highest BCUT2D eigenvalue weighted by molar-refractivity contribution is 7.99. The smallest absolute Gasteiger partial charge is 0.0565 e. The van der Waals surface area contributed by atoms with Crippen LogP contribution in [0.1, 0.15) is 0 Å². The normalized spacial score (nSPS) is 13.2. The molecule has 0 spiro atoms. The molecule has 0 N–H and O–H groups in total. The van der Waals surface area contributed by atoms with E-state index in [2.05, 4.69) is 42.3 Å². The second kappa shape index (κ2) is 3.72. The van der Waals surface area contributed by atoms with E-state index in [-0.39, 0.29) is 0 Å². The summed E-state index contributed by atoms with van der Waals surface area (Å²) in [6.45, 7) is 0. The lowest BCUT2D eigenvalue weighted by molar-refractivity contribution is 1.11. The van der Waals surface area contributed by atoms with Crippen molar-refractivity contribution in [2.75, 3.05) is 11.9 Å². The number of nitrogens with zero attached hydrogens (tertiary/aromatic N) is 1. The zero-order chi connectivity index (χ0) is 11.1. The van der Waals surface area contributed by atoms with Crippen molar-refractivity contribution < 1.29 is 0 Å². The Morgan fingerprint density at radius 2 is 1.75 bits per heavy atom. The molecular formula is C13H10ClNS. The van der Waals surface area contributed by atoms with Crippen LogP contribution in [0.15, 0.2) is 52.3 Å². The van der Waals surface area contributed by atoms with E-state index in [1.807, 2.05) is 12.1 Å². The highest BCUT2D eigenvalue weighted by atomic mass is 35.5. The number of benzene rings is 2. The monoisotopic (exact) mass is 247 g/mol. The number of fused-ring (bicyclic) bond motifs is 2. The first kappa shape index (κ1) is 10.1. The average Bonchev–Trinajstić information content (AvgIpc) is 2.31. The van der Waals surface area contributed by atoms with Gasteiger partial charge >= 0.3 is 0 Å². The molecule has 0 aromatic heterocycles. The summed E-state index contributed by atoms with van der Waals surface area (Å²) in [5.41, 5.74) is 2.42. The number of rotatable bonds is 0. The summed E-state index contributed by atoms with van der Waals surface area (Å²) in [5.74, 6) is 0. The number of hydrogen-bond acceptors (Lipinski definition) is 2. The van der Waals surface area contributed by atoms with Crippen molar-refractivity contribution in [2.45, 2.75) is 9.79 Å². The van der Waals surface area contributed by atoms with Gasteiger partial charge in [-0.3, -0.25) is 0 Å². The Morgan fingerprint density at radius 1 is 1.00 bits per heavy atom. The molecule has 0 saturated carbocycles. The molecule has 0 bridgehead atoms. The van der Waals surface area contributed by atoms with Crippen LogP contribution in [0.2, 0.25) is 5.02 Å². The minimum atomic E-state index is 0.783. The van der Waals surface area contributed by atoms with Crippen LogP contribution in [0.4, 0.5) is 11.4 Å². The Balaban J connectivity index is 2.19. The fourth-order valence-electron chi connectivity index (χ4n) is 1.91. The second-order valence-electron chi connectivity index (χ2n) is 3.74. The van der Waals surface area contributed by atoms with Crippen molar-refractivity contribution in [1.29, 1.82) is 0 Å². The van der Waals surface area contributed by atoms with Gasteiger partial charge in [0.25, 0.3) is 0 Å². The molecule has 0 amide bonds. The number of halogens is 1. The SMILES string of the molecule is CN1c2ccccc2Sc2ccc(Cl)cc21. The lowest BCUT2D eigenvalue weighted by Gasteiger charge is -2.29. The molecule has 2 aromatic rings. The van der Waals surface area contributed by atoms with E-state index >= 15 is 0 Å². The molecule has 0 saturated heterocycles. The third-order valence-electron chi connectivity index (χ3n) is 2.73. The van der Waals surface area contributed by atoms with E-state index in [1.54, 1.807) is 11.8 Å². The maximum Gasteiger partial charge on any atom is 0.0565 e. The van der Waals surface area contributed by atoms with Crippen LogP contribution in [0, 0.1) is 0 Å². The molecule has 1 aliphatic rings. The third-order valence-corrected chi connectivity index (χ3v) is 4.09. The fourth-order valence-corrected chi connectivity index (χ4v) is 3.20. The lowest BCUT2D eigenvalue weighted by Crippen LogP contribution is -2.14. The van der Waals surface area contributed by atoms with Crippen LogP contribution in [-0.4, -0.2) is 7.05 Å². The summed E-state index contributed by atoms with van der Waals surface area (Å²) in [6, 6.07) is 14.4. The number of anilines is 2. The highest BCUT2D eigenvalue weighted by Gasteiger charge is 2.19. The molecule has 0 atom stereocenters. The maximum atomic E-state index is 6.03. The first-order chi connectivity index (χ1) is 7.75. The first-order valence-corrected chi connectivity index (χ1v) is 6.25. The number of hydrogen-bond donors (Lipinski definition) is 0. The predicted molar refractivity (Wildman–Crippen MR) is 70.1 cm³/mol. The van der Waals surface area contributed by atoms with Gasteiger partial charge < -0.3 is 4.90 Å². The van der Waals surface area contributed by atoms with Gasteiger partial charge in [0.15, 0.2) is 0 Å². The van der Waals surface area contributed by atoms with Crippen molar-refractivity contribution in [3.8, 4) is 0 Å². The van der Waals surface area contributed by atoms with Crippen LogP contribution in [0.5, 0.6) is 0 Å². The summed E-state index contributed by atoms with van der Waals surface area (Å²) in [6.07, 6.45) is 0. The van der Waals surface area contributed by atoms with Crippen LogP contribution in [-0.2, 0) is 0 Å². The molecule has 80 valence electrons. The quantitative estimate of drug-likeness (QED) is 0.671. The van der Waals surface area contributed by atoms with E-state index < -0.39 is 0 Å². The van der Waals surface area contributed by atoms with Gasteiger partial charge in [-0.1, -0.05) is 35.5 Å². The van der Waals surface area contributed by atoms with E-state index in [9.17, 15) is 0 Å². The Kier molecular flexibility index (Phi) is 2.34. The van der Waals surface area contributed by atoms with Crippen molar-refractivity contribution in [3.05, 3.63) is 47.5 Å². The Morgan fingerprint density at radius 3 is 2.62 bits per heavy atom.